The predicted molar refractivity (Wildman–Crippen MR) is 149 cm³/mol. The molecule has 0 aliphatic heterocycles. The Morgan fingerprint density at radius 2 is 1.80 bits per heavy atom. The first-order valence-electron chi connectivity index (χ1n) is 13.0. The summed E-state index contributed by atoms with van der Waals surface area (Å²) in [5, 5.41) is 26.9. The van der Waals surface area contributed by atoms with Crippen molar-refractivity contribution in [3.05, 3.63) is 82.8 Å². The summed E-state index contributed by atoms with van der Waals surface area (Å²) < 4.78 is 39.1. The number of carbonyl (C=O) groups is 1. The topological polar surface area (TPSA) is 120 Å². The number of alkyl halides is 3. The van der Waals surface area contributed by atoms with E-state index >= 15 is 0 Å². The molecule has 0 bridgehead atoms. The normalized spacial score (nSPS) is 19.1. The predicted octanol–water partition coefficient (Wildman–Crippen LogP) is 6.18. The average molecular weight is 584 g/mol. The summed E-state index contributed by atoms with van der Waals surface area (Å²) in [4.78, 5) is 25.6. The van der Waals surface area contributed by atoms with Gasteiger partial charge in [-0.05, 0) is 79.6 Å². The number of hydrogen-bond acceptors (Lipinski definition) is 8. The summed E-state index contributed by atoms with van der Waals surface area (Å²) in [7, 11) is 0. The highest BCUT2D eigenvalue weighted by molar-refractivity contribution is 7.15. The molecule has 12 heteroatoms. The second kappa shape index (κ2) is 11.6. The largest absolute Gasteiger partial charge is 0.433 e. The number of rotatable bonds is 7. The molecule has 0 unspecified atom stereocenters. The molecule has 41 heavy (non-hydrogen) atoms. The highest BCUT2D eigenvalue weighted by Gasteiger charge is 2.39. The number of nitrogens with one attached hydrogen (secondary N) is 2. The van der Waals surface area contributed by atoms with Crippen LogP contribution in [0.15, 0.2) is 60.9 Å². The summed E-state index contributed by atoms with van der Waals surface area (Å²) in [6.45, 7) is 1.80. The number of amides is 1. The van der Waals surface area contributed by atoms with Gasteiger partial charge < -0.3 is 20.8 Å². The molecule has 5 rings (SSSR count). The maximum absolute atomic E-state index is 13.0. The standard InChI is InChI=1S/C29H28F3N5O3S/c1-17-12-20(14-22(13-17)36-27-33-11-8-24(37-27)29(30,31)32)23-15-34-26(41-23)28(40)9-6-19(7-10-28)25(39)35-21-4-2-18(16-38)3-5-21/h2-5,8,11-15,19,38,40H,6-7,9-10,16H2,1H3,(H,35,39)(H,33,36,37)/t19-,28-. The Morgan fingerprint density at radius 3 is 2.49 bits per heavy atom. The molecule has 214 valence electrons. The lowest BCUT2D eigenvalue weighted by molar-refractivity contribution is -0.141. The Balaban J connectivity index is 1.25. The molecule has 1 fully saturated rings. The molecule has 1 aliphatic rings. The zero-order valence-corrected chi connectivity index (χ0v) is 22.9. The minimum Gasteiger partial charge on any atom is -0.392 e. The van der Waals surface area contributed by atoms with Gasteiger partial charge in [-0.1, -0.05) is 18.2 Å². The minimum atomic E-state index is -4.58. The molecule has 8 nitrogen and oxygen atoms in total. The van der Waals surface area contributed by atoms with E-state index in [0.717, 1.165) is 33.8 Å². The monoisotopic (exact) mass is 583 g/mol. The summed E-state index contributed by atoms with van der Waals surface area (Å²) in [5.74, 6) is -0.512. The Kier molecular flexibility index (Phi) is 8.07. The van der Waals surface area contributed by atoms with Crippen LogP contribution in [0.3, 0.4) is 0 Å². The quantitative estimate of drug-likeness (QED) is 0.205. The lowest BCUT2D eigenvalue weighted by Crippen LogP contribution is -2.35. The van der Waals surface area contributed by atoms with Gasteiger partial charge in [-0.3, -0.25) is 4.79 Å². The third-order valence-electron chi connectivity index (χ3n) is 7.06. The number of nitrogens with zero attached hydrogens (tertiary/aromatic N) is 3. The van der Waals surface area contributed by atoms with E-state index in [0.29, 0.717) is 42.1 Å². The van der Waals surface area contributed by atoms with Crippen molar-refractivity contribution in [1.29, 1.82) is 0 Å². The number of hydrogen-bond donors (Lipinski definition) is 4. The van der Waals surface area contributed by atoms with Gasteiger partial charge in [0.05, 0.1) is 11.5 Å². The smallest absolute Gasteiger partial charge is 0.392 e. The molecular weight excluding hydrogens is 555 g/mol. The van der Waals surface area contributed by atoms with E-state index in [-0.39, 0.29) is 24.4 Å². The van der Waals surface area contributed by atoms with Crippen LogP contribution in [0.2, 0.25) is 0 Å². The van der Waals surface area contributed by atoms with E-state index in [4.69, 9.17) is 0 Å². The zero-order valence-electron chi connectivity index (χ0n) is 22.1. The first kappa shape index (κ1) is 28.7. The first-order chi connectivity index (χ1) is 19.5. The average Bonchev–Trinajstić information content (AvgIpc) is 3.45. The first-order valence-corrected chi connectivity index (χ1v) is 13.8. The van der Waals surface area contributed by atoms with Crippen molar-refractivity contribution < 1.29 is 28.2 Å². The number of halogens is 3. The van der Waals surface area contributed by atoms with E-state index in [2.05, 4.69) is 25.6 Å². The number of anilines is 3. The third kappa shape index (κ3) is 6.72. The molecular formula is C29H28F3N5O3S. The molecule has 1 aliphatic carbocycles. The lowest BCUT2D eigenvalue weighted by Gasteiger charge is -2.33. The van der Waals surface area contributed by atoms with Gasteiger partial charge in [0, 0.05) is 29.7 Å². The summed E-state index contributed by atoms with van der Waals surface area (Å²) >= 11 is 1.35. The van der Waals surface area contributed by atoms with Crippen LogP contribution in [0, 0.1) is 12.8 Å². The number of benzene rings is 2. The van der Waals surface area contributed by atoms with Crippen LogP contribution in [-0.2, 0) is 23.2 Å². The number of thiazole rings is 1. The second-order valence-corrected chi connectivity index (χ2v) is 11.2. The van der Waals surface area contributed by atoms with Gasteiger partial charge in [-0.15, -0.1) is 11.3 Å². The Labute approximate surface area is 238 Å². The van der Waals surface area contributed by atoms with Gasteiger partial charge in [0.1, 0.15) is 16.3 Å². The van der Waals surface area contributed by atoms with Crippen LogP contribution in [-0.4, -0.2) is 31.1 Å². The number of aliphatic hydroxyl groups excluding tert-OH is 1. The van der Waals surface area contributed by atoms with Gasteiger partial charge in [0.25, 0.3) is 0 Å². The molecule has 2 aromatic heterocycles. The van der Waals surface area contributed by atoms with Gasteiger partial charge in [-0.25, -0.2) is 15.0 Å². The molecule has 1 saturated carbocycles. The molecule has 4 N–H and O–H groups in total. The van der Waals surface area contributed by atoms with Gasteiger partial charge in [0.2, 0.25) is 11.9 Å². The van der Waals surface area contributed by atoms with Crippen LogP contribution in [0.25, 0.3) is 10.4 Å². The third-order valence-corrected chi connectivity index (χ3v) is 8.30. The van der Waals surface area contributed by atoms with Crippen molar-refractivity contribution in [2.24, 2.45) is 5.92 Å². The van der Waals surface area contributed by atoms with E-state index in [9.17, 15) is 28.2 Å². The van der Waals surface area contributed by atoms with Gasteiger partial charge >= 0.3 is 6.18 Å². The van der Waals surface area contributed by atoms with Crippen molar-refractivity contribution in [3.8, 4) is 10.4 Å². The second-order valence-electron chi connectivity index (χ2n) is 10.2. The summed E-state index contributed by atoms with van der Waals surface area (Å²) in [6.07, 6.45) is -0.0791. The number of aryl methyl sites for hydroxylation is 1. The zero-order chi connectivity index (χ0) is 29.2. The van der Waals surface area contributed by atoms with Gasteiger partial charge in [0.15, 0.2) is 0 Å². The Hall–Kier alpha value is -3.87. The van der Waals surface area contributed by atoms with Crippen LogP contribution in [0.1, 0.15) is 47.5 Å². The van der Waals surface area contributed by atoms with Crippen LogP contribution >= 0.6 is 11.3 Å². The Morgan fingerprint density at radius 1 is 1.07 bits per heavy atom. The van der Waals surface area contributed by atoms with Crippen molar-refractivity contribution in [1.82, 2.24) is 15.0 Å². The summed E-state index contributed by atoms with van der Waals surface area (Å²) in [5.41, 5.74) is 1.40. The van der Waals surface area contributed by atoms with Crippen LogP contribution < -0.4 is 10.6 Å². The minimum absolute atomic E-state index is 0.0649. The SMILES string of the molecule is Cc1cc(Nc2nccc(C(F)(F)F)n2)cc(-c2cnc([C@]3(O)CC[C@H](C(=O)Nc4ccc(CO)cc4)CC3)s2)c1. The molecule has 0 saturated heterocycles. The maximum atomic E-state index is 13.0. The van der Waals surface area contributed by atoms with E-state index < -0.39 is 17.5 Å². The van der Waals surface area contributed by atoms with Crippen LogP contribution in [0.5, 0.6) is 0 Å². The number of aliphatic hydroxyl groups is 2. The van der Waals surface area contributed by atoms with Crippen molar-refractivity contribution in [3.63, 3.8) is 0 Å². The number of aromatic nitrogens is 3. The molecule has 2 heterocycles. The maximum Gasteiger partial charge on any atom is 0.433 e. The van der Waals surface area contributed by atoms with Crippen molar-refractivity contribution >= 4 is 34.6 Å². The van der Waals surface area contributed by atoms with Gasteiger partial charge in [-0.2, -0.15) is 13.2 Å². The highest BCUT2D eigenvalue weighted by atomic mass is 32.1. The highest BCUT2D eigenvalue weighted by Crippen LogP contribution is 2.43. The van der Waals surface area contributed by atoms with E-state index in [1.54, 1.807) is 42.6 Å². The molecule has 0 spiro atoms. The fourth-order valence-electron chi connectivity index (χ4n) is 4.84. The van der Waals surface area contributed by atoms with E-state index in [1.165, 1.54) is 11.3 Å². The lowest BCUT2D eigenvalue weighted by atomic mass is 9.78. The number of carbonyl (C=O) groups excluding carboxylic acids is 1. The molecule has 4 aromatic rings. The van der Waals surface area contributed by atoms with Crippen molar-refractivity contribution in [2.75, 3.05) is 10.6 Å². The molecule has 2 aromatic carbocycles. The Bertz CT molecular complexity index is 1530. The van der Waals surface area contributed by atoms with E-state index in [1.807, 2.05) is 13.0 Å². The molecule has 0 atom stereocenters. The van der Waals surface area contributed by atoms with Crippen LogP contribution in [0.4, 0.5) is 30.5 Å². The fraction of sp³-hybridized carbons (Fsp3) is 0.310. The molecule has 0 radical (unpaired) electrons. The molecule has 1 amide bonds. The summed E-state index contributed by atoms with van der Waals surface area (Å²) in [6, 6.07) is 13.3. The van der Waals surface area contributed by atoms with Crippen molar-refractivity contribution in [2.45, 2.75) is 51.0 Å². The fourth-order valence-corrected chi connectivity index (χ4v) is 5.88.